The van der Waals surface area contributed by atoms with Crippen molar-refractivity contribution in [2.75, 3.05) is 13.6 Å². The van der Waals surface area contributed by atoms with Crippen LogP contribution in [0.1, 0.15) is 44.2 Å². The number of nitrogens with zero attached hydrogens (tertiary/aromatic N) is 1. The largest absolute Gasteiger partial charge is 0.329 e. The lowest BCUT2D eigenvalue weighted by Gasteiger charge is -2.39. The normalized spacial score (nSPS) is 24.9. The Kier molecular flexibility index (Phi) is 5.11. The average molecular weight is 282 g/mol. The molecule has 2 N–H and O–H groups in total. The predicted octanol–water partition coefficient (Wildman–Crippen LogP) is 3.48. The molecule has 1 aliphatic carbocycles. The van der Waals surface area contributed by atoms with Crippen molar-refractivity contribution < 1.29 is 8.78 Å². The molecule has 1 fully saturated rings. The van der Waals surface area contributed by atoms with Gasteiger partial charge in [0.05, 0.1) is 6.04 Å². The number of benzene rings is 1. The lowest BCUT2D eigenvalue weighted by Crippen LogP contribution is -2.41. The molecule has 3 atom stereocenters. The van der Waals surface area contributed by atoms with Crippen LogP contribution in [0.25, 0.3) is 0 Å². The number of rotatable bonds is 4. The zero-order chi connectivity index (χ0) is 14.7. The molecule has 4 heteroatoms. The molecule has 1 saturated carbocycles. The maximum Gasteiger partial charge on any atom is 0.130 e. The SMILES string of the molecule is CC1CCCC(N(C)C(CN)c2c(F)cccc2F)C1. The summed E-state index contributed by atoms with van der Waals surface area (Å²) in [5, 5.41) is 0. The second-order valence-corrected chi connectivity index (χ2v) is 5.98. The summed E-state index contributed by atoms with van der Waals surface area (Å²) in [6.45, 7) is 2.46. The Balaban J connectivity index is 2.23. The van der Waals surface area contributed by atoms with E-state index >= 15 is 0 Å². The van der Waals surface area contributed by atoms with Gasteiger partial charge in [-0.25, -0.2) is 8.78 Å². The molecule has 0 amide bonds. The molecule has 0 bridgehead atoms. The number of hydrogen-bond donors (Lipinski definition) is 1. The summed E-state index contributed by atoms with van der Waals surface area (Å²) < 4.78 is 27.9. The van der Waals surface area contributed by atoms with Crippen LogP contribution in [0, 0.1) is 17.6 Å². The van der Waals surface area contributed by atoms with Crippen LogP contribution in [-0.4, -0.2) is 24.5 Å². The Hall–Kier alpha value is -1.00. The van der Waals surface area contributed by atoms with E-state index in [2.05, 4.69) is 11.8 Å². The van der Waals surface area contributed by atoms with E-state index in [0.717, 1.165) is 12.8 Å². The molecule has 1 aromatic rings. The molecule has 0 heterocycles. The van der Waals surface area contributed by atoms with Gasteiger partial charge in [-0.2, -0.15) is 0 Å². The lowest BCUT2D eigenvalue weighted by atomic mass is 9.85. The van der Waals surface area contributed by atoms with Crippen LogP contribution in [0.4, 0.5) is 8.78 Å². The minimum absolute atomic E-state index is 0.107. The third kappa shape index (κ3) is 3.18. The average Bonchev–Trinajstić information content (AvgIpc) is 2.42. The summed E-state index contributed by atoms with van der Waals surface area (Å²) in [5.74, 6) is -0.340. The standard InChI is InChI=1S/C16H24F2N2/c1-11-5-3-6-12(9-11)20(2)15(10-19)16-13(17)7-4-8-14(16)18/h4,7-8,11-12,15H,3,5-6,9-10,19H2,1-2H3. The Morgan fingerprint density at radius 2 is 1.95 bits per heavy atom. The monoisotopic (exact) mass is 282 g/mol. The fourth-order valence-electron chi connectivity index (χ4n) is 3.34. The van der Waals surface area contributed by atoms with Crippen molar-refractivity contribution in [1.29, 1.82) is 0 Å². The third-order valence-corrected chi connectivity index (χ3v) is 4.53. The van der Waals surface area contributed by atoms with E-state index in [1.54, 1.807) is 0 Å². The van der Waals surface area contributed by atoms with Gasteiger partial charge >= 0.3 is 0 Å². The molecule has 112 valence electrons. The Morgan fingerprint density at radius 1 is 1.30 bits per heavy atom. The van der Waals surface area contributed by atoms with Gasteiger partial charge in [0.15, 0.2) is 0 Å². The smallest absolute Gasteiger partial charge is 0.130 e. The highest BCUT2D eigenvalue weighted by atomic mass is 19.1. The molecule has 3 unspecified atom stereocenters. The van der Waals surface area contributed by atoms with E-state index in [1.165, 1.54) is 31.0 Å². The molecule has 20 heavy (non-hydrogen) atoms. The van der Waals surface area contributed by atoms with Crippen molar-refractivity contribution in [2.24, 2.45) is 11.7 Å². The first-order valence-electron chi connectivity index (χ1n) is 7.40. The van der Waals surface area contributed by atoms with Crippen molar-refractivity contribution in [3.63, 3.8) is 0 Å². The molecule has 1 aromatic carbocycles. The van der Waals surface area contributed by atoms with Crippen molar-refractivity contribution in [2.45, 2.75) is 44.7 Å². The summed E-state index contributed by atoms with van der Waals surface area (Å²) in [7, 11) is 1.94. The van der Waals surface area contributed by atoms with Gasteiger partial charge in [0, 0.05) is 18.2 Å². The second kappa shape index (κ2) is 6.64. The number of hydrogen-bond acceptors (Lipinski definition) is 2. The van der Waals surface area contributed by atoms with Crippen LogP contribution in [0.3, 0.4) is 0 Å². The Morgan fingerprint density at radius 3 is 2.50 bits per heavy atom. The van der Waals surface area contributed by atoms with Crippen LogP contribution in [-0.2, 0) is 0 Å². The van der Waals surface area contributed by atoms with Gasteiger partial charge in [0.25, 0.3) is 0 Å². The topological polar surface area (TPSA) is 29.3 Å². The van der Waals surface area contributed by atoms with Crippen molar-refractivity contribution in [3.8, 4) is 0 Å². The maximum atomic E-state index is 14.0. The fraction of sp³-hybridized carbons (Fsp3) is 0.625. The first-order chi connectivity index (χ1) is 9.54. The lowest BCUT2D eigenvalue weighted by molar-refractivity contribution is 0.117. The van der Waals surface area contributed by atoms with E-state index < -0.39 is 17.7 Å². The van der Waals surface area contributed by atoms with E-state index in [9.17, 15) is 8.78 Å². The van der Waals surface area contributed by atoms with Crippen LogP contribution in [0.15, 0.2) is 18.2 Å². The minimum Gasteiger partial charge on any atom is -0.329 e. The molecular formula is C16H24F2N2. The zero-order valence-electron chi connectivity index (χ0n) is 12.3. The maximum absolute atomic E-state index is 14.0. The Bertz CT molecular complexity index is 430. The molecule has 0 aromatic heterocycles. The number of halogens is 2. The molecular weight excluding hydrogens is 258 g/mol. The van der Waals surface area contributed by atoms with Gasteiger partial charge in [0.1, 0.15) is 11.6 Å². The van der Waals surface area contributed by atoms with E-state index in [0.29, 0.717) is 12.0 Å². The van der Waals surface area contributed by atoms with E-state index in [4.69, 9.17) is 5.73 Å². The summed E-state index contributed by atoms with van der Waals surface area (Å²) in [6.07, 6.45) is 4.56. The zero-order valence-corrected chi connectivity index (χ0v) is 12.3. The van der Waals surface area contributed by atoms with Gasteiger partial charge in [-0.1, -0.05) is 25.8 Å². The summed E-state index contributed by atoms with van der Waals surface area (Å²) in [5.41, 5.74) is 5.92. The third-order valence-electron chi connectivity index (χ3n) is 4.53. The molecule has 2 nitrogen and oxygen atoms in total. The van der Waals surface area contributed by atoms with E-state index in [1.807, 2.05) is 7.05 Å². The van der Waals surface area contributed by atoms with Crippen molar-refractivity contribution in [1.82, 2.24) is 4.90 Å². The van der Waals surface area contributed by atoms with Gasteiger partial charge in [-0.15, -0.1) is 0 Å². The van der Waals surface area contributed by atoms with Crippen LogP contribution >= 0.6 is 0 Å². The van der Waals surface area contributed by atoms with Gasteiger partial charge in [0.2, 0.25) is 0 Å². The quantitative estimate of drug-likeness (QED) is 0.916. The van der Waals surface area contributed by atoms with Crippen molar-refractivity contribution >= 4 is 0 Å². The molecule has 1 aliphatic rings. The van der Waals surface area contributed by atoms with Crippen LogP contribution in [0.2, 0.25) is 0 Å². The van der Waals surface area contributed by atoms with Crippen molar-refractivity contribution in [3.05, 3.63) is 35.4 Å². The first-order valence-corrected chi connectivity index (χ1v) is 7.40. The molecule has 0 radical (unpaired) electrons. The highest BCUT2D eigenvalue weighted by Gasteiger charge is 2.30. The second-order valence-electron chi connectivity index (χ2n) is 5.98. The van der Waals surface area contributed by atoms with E-state index in [-0.39, 0.29) is 12.1 Å². The highest BCUT2D eigenvalue weighted by molar-refractivity contribution is 5.24. The van der Waals surface area contributed by atoms with Gasteiger partial charge in [-0.3, -0.25) is 4.90 Å². The number of nitrogens with two attached hydrogens (primary N) is 1. The molecule has 0 aliphatic heterocycles. The molecule has 2 rings (SSSR count). The summed E-state index contributed by atoms with van der Waals surface area (Å²) in [6, 6.07) is 3.96. The summed E-state index contributed by atoms with van der Waals surface area (Å²) in [4.78, 5) is 2.07. The molecule has 0 saturated heterocycles. The molecule has 0 spiro atoms. The fourth-order valence-corrected chi connectivity index (χ4v) is 3.34. The van der Waals surface area contributed by atoms with Gasteiger partial charge < -0.3 is 5.73 Å². The summed E-state index contributed by atoms with van der Waals surface area (Å²) >= 11 is 0. The minimum atomic E-state index is -0.504. The van der Waals surface area contributed by atoms with Crippen LogP contribution in [0.5, 0.6) is 0 Å². The number of likely N-dealkylation sites (N-methyl/N-ethyl adjacent to an activating group) is 1. The van der Waals surface area contributed by atoms with Gasteiger partial charge in [-0.05, 0) is 37.9 Å². The predicted molar refractivity (Wildman–Crippen MR) is 77.3 cm³/mol. The highest BCUT2D eigenvalue weighted by Crippen LogP contribution is 2.32. The first kappa shape index (κ1) is 15.4. The van der Waals surface area contributed by atoms with Crippen LogP contribution < -0.4 is 5.73 Å². The Labute approximate surface area is 120 Å².